The number of ether oxygens (including phenoxy) is 1. The van der Waals surface area contributed by atoms with Crippen LogP contribution in [0.3, 0.4) is 0 Å². The summed E-state index contributed by atoms with van der Waals surface area (Å²) in [6.45, 7) is 2.70. The van der Waals surface area contributed by atoms with Crippen molar-refractivity contribution < 1.29 is 4.74 Å². The number of nitrogens with two attached hydrogens (primary N) is 1. The number of aryl methyl sites for hydroxylation is 1. The van der Waals surface area contributed by atoms with E-state index in [9.17, 15) is 0 Å². The van der Waals surface area contributed by atoms with Gasteiger partial charge >= 0.3 is 0 Å². The number of fused-ring (bicyclic) bond motifs is 1. The average Bonchev–Trinajstić information content (AvgIpc) is 2.30. The molecule has 0 amide bonds. The maximum atomic E-state index is 5.65. The van der Waals surface area contributed by atoms with Crippen LogP contribution in [0.1, 0.15) is 11.1 Å². The van der Waals surface area contributed by atoms with Crippen LogP contribution in [0.2, 0.25) is 0 Å². The fraction of sp³-hybridized carbons (Fsp3) is 0.308. The molecule has 0 aliphatic heterocycles. The van der Waals surface area contributed by atoms with Gasteiger partial charge in [-0.3, -0.25) is 4.98 Å². The molecule has 1 aromatic carbocycles. The summed E-state index contributed by atoms with van der Waals surface area (Å²) in [5.74, 6) is 0.897. The van der Waals surface area contributed by atoms with E-state index in [-0.39, 0.29) is 0 Å². The fourth-order valence-electron chi connectivity index (χ4n) is 2.06. The zero-order valence-electron chi connectivity index (χ0n) is 9.66. The summed E-state index contributed by atoms with van der Waals surface area (Å²) < 4.78 is 5.38. The van der Waals surface area contributed by atoms with E-state index in [4.69, 9.17) is 10.5 Å². The Hall–Kier alpha value is -1.61. The lowest BCUT2D eigenvalue weighted by Crippen LogP contribution is -2.05. The molecule has 0 spiro atoms. The Morgan fingerprint density at radius 2 is 2.12 bits per heavy atom. The van der Waals surface area contributed by atoms with E-state index in [1.165, 1.54) is 10.9 Å². The Morgan fingerprint density at radius 1 is 1.31 bits per heavy atom. The highest BCUT2D eigenvalue weighted by Gasteiger charge is 2.09. The van der Waals surface area contributed by atoms with Crippen LogP contribution in [0.25, 0.3) is 10.9 Å². The third kappa shape index (κ3) is 1.74. The minimum absolute atomic E-state index is 0.615. The lowest BCUT2D eigenvalue weighted by Gasteiger charge is -2.12. The van der Waals surface area contributed by atoms with Gasteiger partial charge in [0.1, 0.15) is 5.75 Å². The maximum absolute atomic E-state index is 5.65. The van der Waals surface area contributed by atoms with Crippen LogP contribution in [0, 0.1) is 6.92 Å². The fourth-order valence-corrected chi connectivity index (χ4v) is 2.06. The molecule has 0 saturated heterocycles. The highest BCUT2D eigenvalue weighted by molar-refractivity contribution is 5.87. The Balaban J connectivity index is 2.76. The normalized spacial score (nSPS) is 10.7. The van der Waals surface area contributed by atoms with Gasteiger partial charge in [-0.05, 0) is 43.7 Å². The SMILES string of the molecule is COc1ccc2nccc(C)c2c1CCN. The summed E-state index contributed by atoms with van der Waals surface area (Å²) in [6, 6.07) is 5.96. The first-order valence-electron chi connectivity index (χ1n) is 5.39. The molecule has 16 heavy (non-hydrogen) atoms. The van der Waals surface area contributed by atoms with E-state index in [0.717, 1.165) is 23.3 Å². The van der Waals surface area contributed by atoms with Gasteiger partial charge in [0.05, 0.1) is 12.6 Å². The van der Waals surface area contributed by atoms with Crippen LogP contribution in [-0.2, 0) is 6.42 Å². The molecule has 0 unspecified atom stereocenters. The predicted octanol–water partition coefficient (Wildman–Crippen LogP) is 2.05. The van der Waals surface area contributed by atoms with E-state index in [2.05, 4.69) is 11.9 Å². The van der Waals surface area contributed by atoms with Gasteiger partial charge < -0.3 is 10.5 Å². The summed E-state index contributed by atoms with van der Waals surface area (Å²) in [5.41, 5.74) is 9.03. The molecule has 1 heterocycles. The van der Waals surface area contributed by atoms with Gasteiger partial charge in [0.25, 0.3) is 0 Å². The smallest absolute Gasteiger partial charge is 0.122 e. The van der Waals surface area contributed by atoms with Crippen molar-refractivity contribution in [2.45, 2.75) is 13.3 Å². The van der Waals surface area contributed by atoms with Crippen LogP contribution in [0.4, 0.5) is 0 Å². The number of methoxy groups -OCH3 is 1. The minimum atomic E-state index is 0.615. The van der Waals surface area contributed by atoms with E-state index >= 15 is 0 Å². The molecule has 0 aliphatic carbocycles. The summed E-state index contributed by atoms with van der Waals surface area (Å²) in [7, 11) is 1.69. The maximum Gasteiger partial charge on any atom is 0.122 e. The Bertz CT molecular complexity index is 509. The molecule has 0 aliphatic rings. The molecule has 2 N–H and O–H groups in total. The van der Waals surface area contributed by atoms with Crippen LogP contribution in [0.15, 0.2) is 24.4 Å². The molecule has 0 saturated carbocycles. The van der Waals surface area contributed by atoms with Crippen LogP contribution in [-0.4, -0.2) is 18.6 Å². The summed E-state index contributed by atoms with van der Waals surface area (Å²) in [5, 5.41) is 1.17. The Kier molecular flexibility index (Phi) is 3.06. The lowest BCUT2D eigenvalue weighted by atomic mass is 10.0. The first-order valence-corrected chi connectivity index (χ1v) is 5.39. The Labute approximate surface area is 95.2 Å². The van der Waals surface area contributed by atoms with Crippen molar-refractivity contribution in [3.8, 4) is 5.75 Å². The van der Waals surface area contributed by atoms with Crippen molar-refractivity contribution in [3.05, 3.63) is 35.5 Å². The highest BCUT2D eigenvalue weighted by Crippen LogP contribution is 2.29. The number of nitrogens with zero attached hydrogens (tertiary/aromatic N) is 1. The van der Waals surface area contributed by atoms with Gasteiger partial charge in [-0.2, -0.15) is 0 Å². The summed E-state index contributed by atoms with van der Waals surface area (Å²) >= 11 is 0. The number of aromatic nitrogens is 1. The zero-order chi connectivity index (χ0) is 11.5. The minimum Gasteiger partial charge on any atom is -0.496 e. The lowest BCUT2D eigenvalue weighted by molar-refractivity contribution is 0.410. The topological polar surface area (TPSA) is 48.1 Å². The second-order valence-corrected chi connectivity index (χ2v) is 3.81. The number of pyridine rings is 1. The van der Waals surface area contributed by atoms with E-state index < -0.39 is 0 Å². The monoisotopic (exact) mass is 216 g/mol. The molecule has 2 rings (SSSR count). The standard InChI is InChI=1S/C13H16N2O/c1-9-6-8-15-11-3-4-12(16-2)10(5-7-14)13(9)11/h3-4,6,8H,5,7,14H2,1-2H3. The second-order valence-electron chi connectivity index (χ2n) is 3.81. The Morgan fingerprint density at radius 3 is 2.81 bits per heavy atom. The first-order chi connectivity index (χ1) is 7.77. The van der Waals surface area contributed by atoms with E-state index in [0.29, 0.717) is 6.54 Å². The third-order valence-corrected chi connectivity index (χ3v) is 2.79. The highest BCUT2D eigenvalue weighted by atomic mass is 16.5. The largest absolute Gasteiger partial charge is 0.496 e. The van der Waals surface area contributed by atoms with Crippen LogP contribution < -0.4 is 10.5 Å². The van der Waals surface area contributed by atoms with Gasteiger partial charge in [-0.1, -0.05) is 0 Å². The summed E-state index contributed by atoms with van der Waals surface area (Å²) in [4.78, 5) is 4.36. The molecule has 2 aromatic rings. The van der Waals surface area contributed by atoms with Gasteiger partial charge in [0.15, 0.2) is 0 Å². The molecule has 1 aromatic heterocycles. The molecule has 0 fully saturated rings. The predicted molar refractivity (Wildman–Crippen MR) is 65.8 cm³/mol. The number of hydrogen-bond donors (Lipinski definition) is 1. The molecule has 0 bridgehead atoms. The average molecular weight is 216 g/mol. The molecular formula is C13H16N2O. The number of benzene rings is 1. The molecule has 3 nitrogen and oxygen atoms in total. The van der Waals surface area contributed by atoms with Crippen LogP contribution in [0.5, 0.6) is 5.75 Å². The van der Waals surface area contributed by atoms with Crippen molar-refractivity contribution in [3.63, 3.8) is 0 Å². The zero-order valence-corrected chi connectivity index (χ0v) is 9.66. The second kappa shape index (κ2) is 4.49. The van der Waals surface area contributed by atoms with Crippen molar-refractivity contribution in [1.29, 1.82) is 0 Å². The molecule has 3 heteroatoms. The van der Waals surface area contributed by atoms with Crippen molar-refractivity contribution in [2.75, 3.05) is 13.7 Å². The number of hydrogen-bond acceptors (Lipinski definition) is 3. The van der Waals surface area contributed by atoms with E-state index in [1.807, 2.05) is 24.4 Å². The van der Waals surface area contributed by atoms with Gasteiger partial charge in [-0.15, -0.1) is 0 Å². The molecule has 0 atom stereocenters. The molecule has 84 valence electrons. The van der Waals surface area contributed by atoms with Gasteiger partial charge in [0, 0.05) is 17.1 Å². The third-order valence-electron chi connectivity index (χ3n) is 2.79. The van der Waals surface area contributed by atoms with Crippen LogP contribution >= 0.6 is 0 Å². The first kappa shape index (κ1) is 10.9. The van der Waals surface area contributed by atoms with Crippen molar-refractivity contribution in [1.82, 2.24) is 4.98 Å². The van der Waals surface area contributed by atoms with E-state index in [1.54, 1.807) is 7.11 Å². The van der Waals surface area contributed by atoms with Gasteiger partial charge in [0.2, 0.25) is 0 Å². The van der Waals surface area contributed by atoms with Crippen molar-refractivity contribution in [2.24, 2.45) is 5.73 Å². The van der Waals surface area contributed by atoms with Gasteiger partial charge in [-0.25, -0.2) is 0 Å². The van der Waals surface area contributed by atoms with Crippen molar-refractivity contribution >= 4 is 10.9 Å². The quantitative estimate of drug-likeness (QED) is 0.854. The molecule has 0 radical (unpaired) electrons. The summed E-state index contributed by atoms with van der Waals surface area (Å²) in [6.07, 6.45) is 2.64. The number of rotatable bonds is 3. The molecular weight excluding hydrogens is 200 g/mol.